The number of aryl methyl sites for hydroxylation is 1. The van der Waals surface area contributed by atoms with Gasteiger partial charge >= 0.3 is 6.18 Å². The lowest BCUT2D eigenvalue weighted by Crippen LogP contribution is -2.15. The number of halogens is 3. The summed E-state index contributed by atoms with van der Waals surface area (Å²) in [5.41, 5.74) is 0.364. The summed E-state index contributed by atoms with van der Waals surface area (Å²) in [6, 6.07) is 10.7. The molecule has 0 saturated carbocycles. The van der Waals surface area contributed by atoms with E-state index in [-0.39, 0.29) is 16.1 Å². The maximum atomic E-state index is 13.0. The Labute approximate surface area is 164 Å². The second kappa shape index (κ2) is 7.36. The van der Waals surface area contributed by atoms with Crippen LogP contribution in [0.3, 0.4) is 0 Å². The van der Waals surface area contributed by atoms with Gasteiger partial charge in [0.05, 0.1) is 16.8 Å². The van der Waals surface area contributed by atoms with Crippen LogP contribution in [0, 0.1) is 6.92 Å². The number of amides is 1. The van der Waals surface area contributed by atoms with Crippen LogP contribution in [0.4, 0.5) is 18.9 Å². The molecule has 2 aromatic carbocycles. The third-order valence-electron chi connectivity index (χ3n) is 4.18. The molecule has 0 fully saturated rings. The molecular weight excluding hydrogens is 407 g/mol. The number of hydrogen-bond acceptors (Lipinski definition) is 4. The number of nitrogens with zero attached hydrogens (tertiary/aromatic N) is 2. The highest BCUT2D eigenvalue weighted by molar-refractivity contribution is 7.90. The zero-order valence-corrected chi connectivity index (χ0v) is 16.2. The van der Waals surface area contributed by atoms with Gasteiger partial charge in [0.2, 0.25) is 0 Å². The summed E-state index contributed by atoms with van der Waals surface area (Å²) in [6.07, 6.45) is -2.45. The Morgan fingerprint density at radius 1 is 1.07 bits per heavy atom. The van der Waals surface area contributed by atoms with Gasteiger partial charge < -0.3 is 5.32 Å². The first-order valence-electron chi connectivity index (χ1n) is 8.30. The van der Waals surface area contributed by atoms with Crippen LogP contribution < -0.4 is 5.32 Å². The van der Waals surface area contributed by atoms with Crippen molar-refractivity contribution in [3.05, 3.63) is 71.5 Å². The SMILES string of the molecule is Cc1ccc(S(C)(=O)=O)cc1C(=O)Nc1ccc(-n2nccc2C(F)(F)F)cc1. The van der Waals surface area contributed by atoms with Crippen LogP contribution in [0.2, 0.25) is 0 Å². The predicted molar refractivity (Wildman–Crippen MR) is 101 cm³/mol. The molecule has 0 spiro atoms. The van der Waals surface area contributed by atoms with E-state index < -0.39 is 27.6 Å². The minimum atomic E-state index is -4.55. The summed E-state index contributed by atoms with van der Waals surface area (Å²) in [5.74, 6) is -0.532. The Morgan fingerprint density at radius 3 is 2.31 bits per heavy atom. The van der Waals surface area contributed by atoms with Crippen LogP contribution in [0.25, 0.3) is 5.69 Å². The lowest BCUT2D eigenvalue weighted by molar-refractivity contribution is -0.142. The van der Waals surface area contributed by atoms with E-state index in [1.807, 2.05) is 0 Å². The summed E-state index contributed by atoms with van der Waals surface area (Å²) < 4.78 is 63.2. The van der Waals surface area contributed by atoms with Crippen LogP contribution in [0.1, 0.15) is 21.6 Å². The molecule has 1 aromatic heterocycles. The molecule has 0 unspecified atom stereocenters. The van der Waals surface area contributed by atoms with Crippen LogP contribution in [-0.2, 0) is 16.0 Å². The van der Waals surface area contributed by atoms with Crippen molar-refractivity contribution in [2.24, 2.45) is 0 Å². The lowest BCUT2D eigenvalue weighted by Gasteiger charge is -2.12. The molecule has 0 bridgehead atoms. The van der Waals surface area contributed by atoms with Gasteiger partial charge in [-0.3, -0.25) is 4.79 Å². The van der Waals surface area contributed by atoms with E-state index in [0.29, 0.717) is 11.3 Å². The van der Waals surface area contributed by atoms with Gasteiger partial charge in [-0.1, -0.05) is 6.07 Å². The Bertz CT molecular complexity index is 1170. The topological polar surface area (TPSA) is 81.1 Å². The van der Waals surface area contributed by atoms with Crippen molar-refractivity contribution < 1.29 is 26.4 Å². The van der Waals surface area contributed by atoms with E-state index in [0.717, 1.165) is 23.2 Å². The van der Waals surface area contributed by atoms with E-state index >= 15 is 0 Å². The van der Waals surface area contributed by atoms with Crippen LogP contribution in [-0.4, -0.2) is 30.4 Å². The second-order valence-electron chi connectivity index (χ2n) is 6.38. The zero-order valence-electron chi connectivity index (χ0n) is 15.4. The van der Waals surface area contributed by atoms with Crippen molar-refractivity contribution in [1.82, 2.24) is 9.78 Å². The first kappa shape index (κ1) is 20.6. The molecule has 0 saturated heterocycles. The van der Waals surface area contributed by atoms with E-state index in [1.165, 1.54) is 42.5 Å². The molecule has 3 aromatic rings. The Balaban J connectivity index is 1.84. The molecule has 29 heavy (non-hydrogen) atoms. The number of carbonyl (C=O) groups excluding carboxylic acids is 1. The highest BCUT2D eigenvalue weighted by atomic mass is 32.2. The average Bonchev–Trinajstić information content (AvgIpc) is 3.12. The van der Waals surface area contributed by atoms with Gasteiger partial charge in [-0.05, 0) is 55.0 Å². The number of anilines is 1. The molecule has 0 aliphatic carbocycles. The highest BCUT2D eigenvalue weighted by Crippen LogP contribution is 2.30. The second-order valence-corrected chi connectivity index (χ2v) is 8.39. The van der Waals surface area contributed by atoms with Crippen molar-refractivity contribution in [3.63, 3.8) is 0 Å². The lowest BCUT2D eigenvalue weighted by atomic mass is 10.1. The van der Waals surface area contributed by atoms with E-state index in [1.54, 1.807) is 6.92 Å². The summed E-state index contributed by atoms with van der Waals surface area (Å²) in [5, 5.41) is 6.30. The number of aromatic nitrogens is 2. The van der Waals surface area contributed by atoms with Crippen molar-refractivity contribution in [2.45, 2.75) is 18.0 Å². The van der Waals surface area contributed by atoms with Gasteiger partial charge in [0, 0.05) is 17.5 Å². The van der Waals surface area contributed by atoms with Gasteiger partial charge in [0.15, 0.2) is 9.84 Å². The Kier molecular flexibility index (Phi) is 5.22. The summed E-state index contributed by atoms with van der Waals surface area (Å²) in [4.78, 5) is 12.6. The molecule has 6 nitrogen and oxygen atoms in total. The van der Waals surface area contributed by atoms with Crippen molar-refractivity contribution >= 4 is 21.4 Å². The summed E-state index contributed by atoms with van der Waals surface area (Å²) in [7, 11) is -3.48. The number of sulfone groups is 1. The molecule has 1 heterocycles. The number of hydrogen-bond donors (Lipinski definition) is 1. The van der Waals surface area contributed by atoms with Gasteiger partial charge in [0.25, 0.3) is 5.91 Å². The third-order valence-corrected chi connectivity index (χ3v) is 5.29. The maximum Gasteiger partial charge on any atom is 0.433 e. The monoisotopic (exact) mass is 423 g/mol. The third kappa shape index (κ3) is 4.48. The van der Waals surface area contributed by atoms with Crippen LogP contribution >= 0.6 is 0 Å². The number of carbonyl (C=O) groups is 1. The largest absolute Gasteiger partial charge is 0.433 e. The van der Waals surface area contributed by atoms with Gasteiger partial charge in [-0.15, -0.1) is 0 Å². The van der Waals surface area contributed by atoms with Gasteiger partial charge in [0.1, 0.15) is 5.69 Å². The Morgan fingerprint density at radius 2 is 1.72 bits per heavy atom. The minimum absolute atomic E-state index is 0.0157. The number of benzene rings is 2. The first-order valence-corrected chi connectivity index (χ1v) is 10.2. The smallest absolute Gasteiger partial charge is 0.322 e. The molecule has 1 N–H and O–H groups in total. The number of alkyl halides is 3. The normalized spacial score (nSPS) is 12.0. The quantitative estimate of drug-likeness (QED) is 0.691. The maximum absolute atomic E-state index is 13.0. The molecule has 3 rings (SSSR count). The van der Waals surface area contributed by atoms with Gasteiger partial charge in [-0.2, -0.15) is 18.3 Å². The molecule has 152 valence electrons. The van der Waals surface area contributed by atoms with Crippen molar-refractivity contribution in [3.8, 4) is 5.69 Å². The first-order chi connectivity index (χ1) is 13.5. The molecule has 1 amide bonds. The van der Waals surface area contributed by atoms with Crippen LogP contribution in [0.15, 0.2) is 59.6 Å². The van der Waals surface area contributed by atoms with E-state index in [2.05, 4.69) is 10.4 Å². The van der Waals surface area contributed by atoms with E-state index in [4.69, 9.17) is 0 Å². The van der Waals surface area contributed by atoms with Crippen LogP contribution in [0.5, 0.6) is 0 Å². The average molecular weight is 423 g/mol. The van der Waals surface area contributed by atoms with Crippen molar-refractivity contribution in [2.75, 3.05) is 11.6 Å². The van der Waals surface area contributed by atoms with Crippen molar-refractivity contribution in [1.29, 1.82) is 0 Å². The standard InChI is InChI=1S/C19H16F3N3O3S/c1-12-3-8-15(29(2,27)28)11-16(12)18(26)24-13-4-6-14(7-5-13)25-17(9-10-23-25)19(20,21)22/h3-11H,1-2H3,(H,24,26). The molecule has 10 heteroatoms. The number of nitrogens with one attached hydrogen (secondary N) is 1. The molecular formula is C19H16F3N3O3S. The van der Waals surface area contributed by atoms with E-state index in [9.17, 15) is 26.4 Å². The summed E-state index contributed by atoms with van der Waals surface area (Å²) in [6.45, 7) is 1.67. The predicted octanol–water partition coefficient (Wildman–Crippen LogP) is 3.86. The fraction of sp³-hybridized carbons (Fsp3) is 0.158. The molecule has 0 atom stereocenters. The molecule has 0 radical (unpaired) electrons. The number of rotatable bonds is 4. The minimum Gasteiger partial charge on any atom is -0.322 e. The zero-order chi connectivity index (χ0) is 21.4. The fourth-order valence-corrected chi connectivity index (χ4v) is 3.33. The molecule has 0 aliphatic heterocycles. The molecule has 0 aliphatic rings. The van der Waals surface area contributed by atoms with Gasteiger partial charge in [-0.25, -0.2) is 13.1 Å². The Hall–Kier alpha value is -3.14. The summed E-state index contributed by atoms with van der Waals surface area (Å²) >= 11 is 0. The highest BCUT2D eigenvalue weighted by Gasteiger charge is 2.35. The fourth-order valence-electron chi connectivity index (χ4n) is 2.68.